The quantitative estimate of drug-likeness (QED) is 0.175. The lowest BCUT2D eigenvalue weighted by Gasteiger charge is -2.31. The van der Waals surface area contributed by atoms with E-state index in [1.54, 1.807) is 6.08 Å². The van der Waals surface area contributed by atoms with Gasteiger partial charge in [0.25, 0.3) is 0 Å². The molecule has 182 valence electrons. The molecule has 1 unspecified atom stereocenters. The lowest BCUT2D eigenvalue weighted by molar-refractivity contribution is -0.114. The maximum absolute atomic E-state index is 15.8. The molecule has 8 aromatic carbocycles. The van der Waals surface area contributed by atoms with Crippen molar-refractivity contribution in [2.45, 2.75) is 5.66 Å². The van der Waals surface area contributed by atoms with Crippen LogP contribution in [0.4, 0.5) is 0 Å². The molecule has 1 atom stereocenters. The Labute approximate surface area is 224 Å². The van der Waals surface area contributed by atoms with E-state index < -0.39 is 12.8 Å². The van der Waals surface area contributed by atoms with Gasteiger partial charge in [-0.15, -0.1) is 0 Å². The fourth-order valence-electron chi connectivity index (χ4n) is 7.01. The van der Waals surface area contributed by atoms with Gasteiger partial charge in [0.2, 0.25) is 0 Å². The molecule has 9 rings (SSSR count). The van der Waals surface area contributed by atoms with Crippen LogP contribution in [0.25, 0.3) is 64.6 Å². The topological polar surface area (TPSA) is 34.1 Å². The highest BCUT2D eigenvalue weighted by Gasteiger charge is 2.44. The van der Waals surface area contributed by atoms with Crippen molar-refractivity contribution in [3.8, 4) is 0 Å². The van der Waals surface area contributed by atoms with Gasteiger partial charge in [0.05, 0.1) is 0 Å². The molecule has 0 bridgehead atoms. The maximum Gasteiger partial charge on any atom is 0.170 e. The van der Waals surface area contributed by atoms with Crippen molar-refractivity contribution in [1.29, 1.82) is 0 Å². The van der Waals surface area contributed by atoms with Crippen LogP contribution in [0.3, 0.4) is 0 Å². The molecule has 0 aliphatic heterocycles. The first-order chi connectivity index (χ1) is 19.1. The Bertz CT molecular complexity index is 2210. The second kappa shape index (κ2) is 7.32. The van der Waals surface area contributed by atoms with Crippen molar-refractivity contribution < 1.29 is 9.36 Å². The summed E-state index contributed by atoms with van der Waals surface area (Å²) in [5, 5.41) is 15.0. The van der Waals surface area contributed by atoms with Gasteiger partial charge in [0, 0.05) is 10.6 Å². The van der Waals surface area contributed by atoms with Gasteiger partial charge in [-0.25, -0.2) is 0 Å². The molecule has 0 N–H and O–H groups in total. The minimum atomic E-state index is -3.44. The first-order valence-corrected chi connectivity index (χ1v) is 15.1. The molecule has 1 aliphatic rings. The van der Waals surface area contributed by atoms with Crippen molar-refractivity contribution in [2.24, 2.45) is 0 Å². The summed E-state index contributed by atoms with van der Waals surface area (Å²) in [4.78, 5) is 13.1. The molecule has 2 nitrogen and oxygen atoms in total. The number of carbonyl (C=O) groups is 1. The van der Waals surface area contributed by atoms with Crippen LogP contribution in [0.15, 0.2) is 121 Å². The largest absolute Gasteiger partial charge is 0.313 e. The zero-order valence-electron chi connectivity index (χ0n) is 20.9. The van der Waals surface area contributed by atoms with Crippen LogP contribution in [0.1, 0.15) is 0 Å². The van der Waals surface area contributed by atoms with Crippen molar-refractivity contribution in [3.63, 3.8) is 0 Å². The van der Waals surface area contributed by atoms with Crippen molar-refractivity contribution in [3.05, 3.63) is 121 Å². The van der Waals surface area contributed by atoms with E-state index >= 15 is 4.57 Å². The third kappa shape index (κ3) is 2.62. The highest BCUT2D eigenvalue weighted by Crippen LogP contribution is 2.56. The molecule has 3 heteroatoms. The Hall–Kier alpha value is -4.52. The van der Waals surface area contributed by atoms with E-state index in [-0.39, 0.29) is 5.78 Å². The second-order valence-corrected chi connectivity index (χ2v) is 13.6. The van der Waals surface area contributed by atoms with E-state index in [2.05, 4.69) is 97.1 Å². The van der Waals surface area contributed by atoms with Gasteiger partial charge in [-0.2, -0.15) is 0 Å². The summed E-state index contributed by atoms with van der Waals surface area (Å²) in [6.07, 6.45) is 3.42. The minimum Gasteiger partial charge on any atom is -0.313 e. The number of ketones is 1. The van der Waals surface area contributed by atoms with E-state index in [0.717, 1.165) is 42.9 Å². The highest BCUT2D eigenvalue weighted by atomic mass is 31.2. The van der Waals surface area contributed by atoms with Crippen molar-refractivity contribution in [2.75, 3.05) is 0 Å². The number of rotatable bonds is 3. The standard InChI is InChI=1S/C36H21O2P/c37-29-17-20-32(29)39(38,30-18-13-25-9-7-21-3-1-5-23-11-15-27(30)35(25)33(21)23)31-19-14-26-10-8-22-4-2-6-24-12-16-28(31)36(26)34(22)24/h1-20,32H. The van der Waals surface area contributed by atoms with Crippen LogP contribution in [0.2, 0.25) is 0 Å². The third-order valence-electron chi connectivity index (χ3n) is 8.85. The fraction of sp³-hybridized carbons (Fsp3) is 0.0278. The monoisotopic (exact) mass is 516 g/mol. The Morgan fingerprint density at radius 1 is 0.462 bits per heavy atom. The number of allylic oxidation sites excluding steroid dienone is 2. The van der Waals surface area contributed by atoms with Crippen molar-refractivity contribution >= 4 is 88.2 Å². The molecule has 0 amide bonds. The van der Waals surface area contributed by atoms with Crippen LogP contribution in [-0.2, 0) is 9.36 Å². The predicted octanol–water partition coefficient (Wildman–Crippen LogP) is 8.30. The molecule has 39 heavy (non-hydrogen) atoms. The Kier molecular flexibility index (Phi) is 4.02. The summed E-state index contributed by atoms with van der Waals surface area (Å²) in [7, 11) is -3.44. The lowest BCUT2D eigenvalue weighted by atomic mass is 9.94. The average Bonchev–Trinajstić information content (AvgIpc) is 2.97. The summed E-state index contributed by atoms with van der Waals surface area (Å²) in [5.41, 5.74) is -0.658. The lowest BCUT2D eigenvalue weighted by Crippen LogP contribution is -2.34. The molecule has 0 heterocycles. The summed E-state index contributed by atoms with van der Waals surface area (Å²) in [6, 6.07) is 37.9. The Balaban J connectivity index is 1.45. The zero-order valence-corrected chi connectivity index (χ0v) is 21.8. The molecule has 0 fully saturated rings. The summed E-state index contributed by atoms with van der Waals surface area (Å²) in [5.74, 6) is -0.0604. The van der Waals surface area contributed by atoms with Crippen LogP contribution >= 0.6 is 7.14 Å². The van der Waals surface area contributed by atoms with Crippen LogP contribution in [-0.4, -0.2) is 11.4 Å². The van der Waals surface area contributed by atoms with E-state index in [0.29, 0.717) is 0 Å². The van der Waals surface area contributed by atoms with Gasteiger partial charge in [0.15, 0.2) is 12.9 Å². The molecule has 0 radical (unpaired) electrons. The number of hydrogen-bond donors (Lipinski definition) is 0. The molecular weight excluding hydrogens is 495 g/mol. The second-order valence-electron chi connectivity index (χ2n) is 10.7. The molecule has 0 saturated heterocycles. The zero-order chi connectivity index (χ0) is 25.9. The molecule has 0 aromatic heterocycles. The molecule has 8 aromatic rings. The van der Waals surface area contributed by atoms with Crippen molar-refractivity contribution in [1.82, 2.24) is 0 Å². The van der Waals surface area contributed by atoms with Crippen LogP contribution in [0.5, 0.6) is 0 Å². The smallest absolute Gasteiger partial charge is 0.170 e. The first kappa shape index (κ1) is 21.4. The van der Waals surface area contributed by atoms with Gasteiger partial charge in [-0.3, -0.25) is 4.79 Å². The van der Waals surface area contributed by atoms with Gasteiger partial charge in [-0.05, 0) is 82.8 Å². The van der Waals surface area contributed by atoms with Gasteiger partial charge in [0.1, 0.15) is 5.66 Å². The summed E-state index contributed by atoms with van der Waals surface area (Å²) >= 11 is 0. The summed E-state index contributed by atoms with van der Waals surface area (Å²) in [6.45, 7) is 0. The van der Waals surface area contributed by atoms with Gasteiger partial charge < -0.3 is 4.57 Å². The Morgan fingerprint density at radius 2 is 0.846 bits per heavy atom. The molecular formula is C36H21O2P. The normalized spacial score (nSPS) is 16.0. The van der Waals surface area contributed by atoms with Gasteiger partial charge >= 0.3 is 0 Å². The average molecular weight is 517 g/mol. The first-order valence-electron chi connectivity index (χ1n) is 13.3. The molecule has 0 spiro atoms. The third-order valence-corrected chi connectivity index (χ3v) is 12.3. The highest BCUT2D eigenvalue weighted by molar-refractivity contribution is 7.81. The SMILES string of the molecule is O=C1C=CC1P(=O)(c1ccc2ccc3cccc4ccc1c2c34)c1ccc2ccc3cccc4ccc1c2c34. The number of hydrogen-bond acceptors (Lipinski definition) is 2. The van der Waals surface area contributed by atoms with E-state index in [4.69, 9.17) is 0 Å². The van der Waals surface area contributed by atoms with Crippen LogP contribution < -0.4 is 10.6 Å². The van der Waals surface area contributed by atoms with Gasteiger partial charge in [-0.1, -0.05) is 103 Å². The molecule has 1 aliphatic carbocycles. The van der Waals surface area contributed by atoms with E-state index in [1.807, 2.05) is 18.2 Å². The molecule has 0 saturated carbocycles. The summed E-state index contributed by atoms with van der Waals surface area (Å²) < 4.78 is 15.8. The Morgan fingerprint density at radius 3 is 1.23 bits per heavy atom. The van der Waals surface area contributed by atoms with E-state index in [1.165, 1.54) is 32.3 Å². The van der Waals surface area contributed by atoms with E-state index in [9.17, 15) is 4.79 Å². The maximum atomic E-state index is 15.8. The number of carbonyl (C=O) groups excluding carboxylic acids is 1. The number of benzene rings is 8. The predicted molar refractivity (Wildman–Crippen MR) is 165 cm³/mol. The fourth-order valence-corrected chi connectivity index (χ4v) is 10.3. The minimum absolute atomic E-state index is 0.0604. The van der Waals surface area contributed by atoms with Crippen LogP contribution in [0, 0.1) is 0 Å².